The molecule has 1 aromatic carbocycles. The highest BCUT2D eigenvalue weighted by atomic mass is 16.4. The number of aliphatic hydroxyl groups is 3. The molecule has 3 aliphatic rings. The third-order valence-electron chi connectivity index (χ3n) is 8.33. The Labute approximate surface area is 236 Å². The van der Waals surface area contributed by atoms with Crippen LogP contribution in [0.25, 0.3) is 11.3 Å². The molecule has 1 unspecified atom stereocenters. The number of carbonyl (C=O) groups is 3. The van der Waals surface area contributed by atoms with E-state index in [9.17, 15) is 34.8 Å². The number of hydrogen-bond acceptors (Lipinski definition) is 10. The van der Waals surface area contributed by atoms with Gasteiger partial charge in [-0.25, -0.2) is 0 Å². The number of likely N-dealkylation sites (N-methyl/N-ethyl adjacent to an activating group) is 1. The quantitative estimate of drug-likeness (QED) is 0.294. The number of benzene rings is 1. The van der Waals surface area contributed by atoms with E-state index in [1.54, 1.807) is 26.2 Å². The molecule has 0 bridgehead atoms. The van der Waals surface area contributed by atoms with E-state index < -0.39 is 58.0 Å². The molecule has 4 atom stereocenters. The van der Waals surface area contributed by atoms with E-state index in [0.29, 0.717) is 29.2 Å². The minimum atomic E-state index is -2.67. The van der Waals surface area contributed by atoms with Crippen LogP contribution >= 0.6 is 0 Å². The predicted octanol–water partition coefficient (Wildman–Crippen LogP) is 2.27. The lowest BCUT2D eigenvalue weighted by atomic mass is 9.58. The van der Waals surface area contributed by atoms with Gasteiger partial charge in [0.25, 0.3) is 5.91 Å². The van der Waals surface area contributed by atoms with Gasteiger partial charge in [-0.3, -0.25) is 19.3 Å². The summed E-state index contributed by atoms with van der Waals surface area (Å²) in [4.78, 5) is 40.9. The fourth-order valence-corrected chi connectivity index (χ4v) is 6.45. The number of ketones is 2. The molecule has 1 aromatic heterocycles. The summed E-state index contributed by atoms with van der Waals surface area (Å²) in [5.74, 6) is -5.67. The predicted molar refractivity (Wildman–Crippen MR) is 148 cm³/mol. The number of rotatable bonds is 5. The zero-order valence-electron chi connectivity index (χ0n) is 23.6. The van der Waals surface area contributed by atoms with E-state index >= 15 is 0 Å². The maximum absolute atomic E-state index is 13.9. The Bertz CT molecular complexity index is 1540. The van der Waals surface area contributed by atoms with Crippen molar-refractivity contribution in [1.82, 2.24) is 10.2 Å². The summed E-state index contributed by atoms with van der Waals surface area (Å²) in [7, 11) is 3.18. The van der Waals surface area contributed by atoms with Crippen LogP contribution < -0.4 is 11.1 Å². The second kappa shape index (κ2) is 9.57. The first-order valence-electron chi connectivity index (χ1n) is 13.4. The van der Waals surface area contributed by atoms with Crippen molar-refractivity contribution in [2.45, 2.75) is 57.3 Å². The Balaban J connectivity index is 1.62. The van der Waals surface area contributed by atoms with Crippen LogP contribution in [0.15, 0.2) is 51.3 Å². The largest absolute Gasteiger partial charge is 0.510 e. The molecule has 218 valence electrons. The maximum Gasteiger partial charge on any atom is 0.255 e. The van der Waals surface area contributed by atoms with Gasteiger partial charge in [-0.15, -0.1) is 0 Å². The van der Waals surface area contributed by atoms with Gasteiger partial charge >= 0.3 is 0 Å². The Hall–Kier alpha value is -3.93. The topological polar surface area (TPSA) is 187 Å². The molecule has 2 aromatic rings. The maximum atomic E-state index is 13.9. The number of hydrogen-bond donors (Lipinski definition) is 6. The van der Waals surface area contributed by atoms with E-state index in [4.69, 9.17) is 10.2 Å². The minimum absolute atomic E-state index is 0.0137. The van der Waals surface area contributed by atoms with E-state index in [-0.39, 0.29) is 35.3 Å². The van der Waals surface area contributed by atoms with Crippen LogP contribution in [-0.2, 0) is 22.6 Å². The number of aromatic hydroxyl groups is 1. The first kappa shape index (κ1) is 28.6. The molecule has 3 aliphatic carbocycles. The number of aliphatic hydroxyl groups excluding tert-OH is 2. The van der Waals surface area contributed by atoms with Crippen molar-refractivity contribution in [3.8, 4) is 17.1 Å². The average molecular weight is 566 g/mol. The lowest BCUT2D eigenvalue weighted by molar-refractivity contribution is -0.148. The highest BCUT2D eigenvalue weighted by Crippen LogP contribution is 2.53. The van der Waals surface area contributed by atoms with Crippen LogP contribution in [0.4, 0.5) is 0 Å². The zero-order valence-corrected chi connectivity index (χ0v) is 23.6. The van der Waals surface area contributed by atoms with Crippen molar-refractivity contribution >= 4 is 17.5 Å². The fraction of sp³-hybridized carbons (Fsp3) is 0.433. The molecule has 0 saturated heterocycles. The number of phenols is 1. The molecular weight excluding hydrogens is 530 g/mol. The number of allylic oxidation sites excluding steroid dienone is 1. The first-order chi connectivity index (χ1) is 19.1. The molecule has 5 rings (SSSR count). The Morgan fingerprint density at radius 1 is 1.15 bits per heavy atom. The molecule has 1 amide bonds. The van der Waals surface area contributed by atoms with Gasteiger partial charge in [-0.2, -0.15) is 0 Å². The number of furan rings is 1. The van der Waals surface area contributed by atoms with Gasteiger partial charge in [-0.1, -0.05) is 0 Å². The lowest BCUT2D eigenvalue weighted by Crippen LogP contribution is -2.63. The molecular formula is C30H35N3O8. The molecule has 7 N–H and O–H groups in total. The van der Waals surface area contributed by atoms with Crippen molar-refractivity contribution in [1.29, 1.82) is 0 Å². The van der Waals surface area contributed by atoms with Crippen LogP contribution in [-0.4, -0.2) is 74.1 Å². The van der Waals surface area contributed by atoms with Crippen molar-refractivity contribution < 1.29 is 39.2 Å². The molecule has 1 heterocycles. The van der Waals surface area contributed by atoms with E-state index in [0.717, 1.165) is 0 Å². The number of fused-ring (bicyclic) bond motifs is 3. The third-order valence-corrected chi connectivity index (χ3v) is 8.33. The van der Waals surface area contributed by atoms with Gasteiger partial charge in [-0.05, 0) is 83.5 Å². The standard InChI is InChI=1S/C30H35N3O8/c1-29(2,3)32-12-14-6-9-19(41-14)15-7-8-18(34)21-16(15)10-13-11-17-23(33(4)5)25(36)22(28(31)39)27(38)30(17,40)26(37)20(13)24(21)35/h6-9,13,17,23,32,34,36-37,40H,10-12H2,1-5H3,(H2,31,39)/t13-,17-,23?,30-/m1/s1. The molecule has 0 radical (unpaired) electrons. The minimum Gasteiger partial charge on any atom is -0.510 e. The summed E-state index contributed by atoms with van der Waals surface area (Å²) in [6, 6.07) is 5.59. The van der Waals surface area contributed by atoms with Crippen LogP contribution in [0.5, 0.6) is 5.75 Å². The molecule has 11 heteroatoms. The van der Waals surface area contributed by atoms with Gasteiger partial charge < -0.3 is 35.9 Å². The Morgan fingerprint density at radius 2 is 1.83 bits per heavy atom. The van der Waals surface area contributed by atoms with Crippen molar-refractivity contribution in [3.63, 3.8) is 0 Å². The second-order valence-electron chi connectivity index (χ2n) is 12.3. The van der Waals surface area contributed by atoms with Gasteiger partial charge in [0.2, 0.25) is 5.78 Å². The van der Waals surface area contributed by atoms with Gasteiger partial charge in [0.15, 0.2) is 11.4 Å². The highest BCUT2D eigenvalue weighted by Gasteiger charge is 2.63. The van der Waals surface area contributed by atoms with Crippen LogP contribution in [0.3, 0.4) is 0 Å². The summed E-state index contributed by atoms with van der Waals surface area (Å²) >= 11 is 0. The Kier molecular flexibility index (Phi) is 6.68. The molecule has 0 saturated carbocycles. The number of Topliss-reactive ketones (excluding diaryl/α,β-unsaturated/α-hetero) is 2. The summed E-state index contributed by atoms with van der Waals surface area (Å²) in [6.45, 7) is 6.59. The molecule has 41 heavy (non-hydrogen) atoms. The normalized spacial score (nSPS) is 26.3. The summed E-state index contributed by atoms with van der Waals surface area (Å²) in [5, 5.41) is 48.2. The van der Waals surface area contributed by atoms with Crippen molar-refractivity contribution in [3.05, 3.63) is 63.8 Å². The van der Waals surface area contributed by atoms with E-state index in [2.05, 4.69) is 5.32 Å². The van der Waals surface area contributed by atoms with Crippen molar-refractivity contribution in [2.24, 2.45) is 17.6 Å². The number of nitrogens with two attached hydrogens (primary N) is 1. The third kappa shape index (κ3) is 4.35. The number of primary amides is 1. The number of amides is 1. The van der Waals surface area contributed by atoms with Gasteiger partial charge in [0, 0.05) is 22.6 Å². The summed E-state index contributed by atoms with van der Waals surface area (Å²) < 4.78 is 6.09. The Morgan fingerprint density at radius 3 is 2.44 bits per heavy atom. The summed E-state index contributed by atoms with van der Waals surface area (Å²) in [6.07, 6.45) is 0.189. The lowest BCUT2D eigenvalue weighted by Gasteiger charge is -2.50. The van der Waals surface area contributed by atoms with Crippen molar-refractivity contribution in [2.75, 3.05) is 14.1 Å². The van der Waals surface area contributed by atoms with Gasteiger partial charge in [0.1, 0.15) is 34.4 Å². The van der Waals surface area contributed by atoms with Crippen LogP contribution in [0, 0.1) is 11.8 Å². The molecule has 0 spiro atoms. The molecule has 0 fully saturated rings. The van der Waals surface area contributed by atoms with Crippen LogP contribution in [0.2, 0.25) is 0 Å². The number of nitrogens with zero attached hydrogens (tertiary/aromatic N) is 1. The van der Waals surface area contributed by atoms with E-state index in [1.165, 1.54) is 11.0 Å². The number of carbonyl (C=O) groups excluding carboxylic acids is 3. The number of phenolic OH excluding ortho intramolecular Hbond substituents is 1. The first-order valence-corrected chi connectivity index (χ1v) is 13.4. The smallest absolute Gasteiger partial charge is 0.255 e. The monoisotopic (exact) mass is 565 g/mol. The number of nitrogens with one attached hydrogen (secondary N) is 1. The molecule has 0 aliphatic heterocycles. The summed E-state index contributed by atoms with van der Waals surface area (Å²) in [5.41, 5.74) is 2.58. The zero-order chi connectivity index (χ0) is 30.2. The second-order valence-corrected chi connectivity index (χ2v) is 12.3. The molecule has 11 nitrogen and oxygen atoms in total. The SMILES string of the molecule is CN(C)C1C(O)=C(C(N)=O)C(=O)[C@]2(O)C(O)=C3C(=O)c4c(O)ccc(-c5ccc(CNC(C)(C)C)o5)c4C[C@@H]3C[C@H]12. The van der Waals surface area contributed by atoms with Crippen LogP contribution in [0.1, 0.15) is 48.9 Å². The average Bonchev–Trinajstić information content (AvgIpc) is 3.33. The fourth-order valence-electron chi connectivity index (χ4n) is 6.45. The van der Waals surface area contributed by atoms with E-state index in [1.807, 2.05) is 26.8 Å². The highest BCUT2D eigenvalue weighted by molar-refractivity contribution is 6.24. The van der Waals surface area contributed by atoms with Gasteiger partial charge in [0.05, 0.1) is 18.2 Å².